The van der Waals surface area contributed by atoms with Gasteiger partial charge in [0.05, 0.1) is 5.75 Å². The number of thioether (sulfide) groups is 1. The van der Waals surface area contributed by atoms with Crippen molar-refractivity contribution in [2.75, 3.05) is 10.7 Å². The van der Waals surface area contributed by atoms with E-state index in [4.69, 9.17) is 0 Å². The number of rotatable bonds is 4. The Balaban J connectivity index is 1.77. The molecule has 150 valence electrons. The molecule has 3 aromatic rings. The molecule has 2 aromatic carbocycles. The zero-order valence-corrected chi connectivity index (χ0v) is 18.1. The molecule has 1 aliphatic heterocycles. The van der Waals surface area contributed by atoms with Gasteiger partial charge in [0.15, 0.2) is 5.16 Å². The van der Waals surface area contributed by atoms with Crippen molar-refractivity contribution in [3.63, 3.8) is 0 Å². The van der Waals surface area contributed by atoms with E-state index in [9.17, 15) is 4.79 Å². The molecule has 4 rings (SSSR count). The second-order valence-electron chi connectivity index (χ2n) is 8.52. The lowest BCUT2D eigenvalue weighted by molar-refractivity contribution is -0.117. The summed E-state index contributed by atoms with van der Waals surface area (Å²) in [6.07, 6.45) is 2.31. The van der Waals surface area contributed by atoms with Crippen LogP contribution in [0.1, 0.15) is 43.9 Å². The molecule has 6 heteroatoms. The van der Waals surface area contributed by atoms with Gasteiger partial charge in [-0.15, -0.1) is 0 Å². The van der Waals surface area contributed by atoms with Crippen LogP contribution < -0.4 is 4.90 Å². The lowest BCUT2D eigenvalue weighted by atomic mass is 9.65. The summed E-state index contributed by atoms with van der Waals surface area (Å²) >= 11 is 1.38. The van der Waals surface area contributed by atoms with Gasteiger partial charge in [0.1, 0.15) is 6.33 Å². The van der Waals surface area contributed by atoms with Crippen LogP contribution in [-0.4, -0.2) is 32.4 Å². The molecule has 29 heavy (non-hydrogen) atoms. The van der Waals surface area contributed by atoms with Crippen molar-refractivity contribution in [3.05, 3.63) is 71.5 Å². The zero-order chi connectivity index (χ0) is 20.6. The standard InChI is InChI=1S/C23H26N4OS/c1-16-10-11-19-18(12-16)23(4,17-8-6-5-7-9-17)14-22(2,3)27(19)20(28)13-29-21-24-15-25-26-21/h5-12,15H,13-14H2,1-4H3,(H,24,25,26)/t23-/m0/s1. The number of H-pyrrole nitrogens is 1. The third kappa shape index (κ3) is 3.57. The summed E-state index contributed by atoms with van der Waals surface area (Å²) in [6.45, 7) is 8.73. The minimum atomic E-state index is -0.327. The second kappa shape index (κ2) is 7.34. The maximum Gasteiger partial charge on any atom is 0.237 e. The van der Waals surface area contributed by atoms with E-state index >= 15 is 0 Å². The molecule has 0 saturated carbocycles. The first-order valence-corrected chi connectivity index (χ1v) is 10.8. The molecule has 0 radical (unpaired) electrons. The van der Waals surface area contributed by atoms with Crippen LogP contribution in [0.15, 0.2) is 60.0 Å². The highest BCUT2D eigenvalue weighted by atomic mass is 32.2. The average Bonchev–Trinajstić information content (AvgIpc) is 3.21. The Kier molecular flexibility index (Phi) is 4.99. The van der Waals surface area contributed by atoms with E-state index in [1.807, 2.05) is 4.90 Å². The van der Waals surface area contributed by atoms with Crippen molar-refractivity contribution in [1.29, 1.82) is 0 Å². The number of carbonyl (C=O) groups is 1. The second-order valence-corrected chi connectivity index (χ2v) is 9.48. The first-order chi connectivity index (χ1) is 13.8. The number of fused-ring (bicyclic) bond motifs is 1. The molecule has 0 aliphatic carbocycles. The number of amides is 1. The molecule has 0 fully saturated rings. The molecule has 1 amide bonds. The molecule has 5 nitrogen and oxygen atoms in total. The summed E-state index contributed by atoms with van der Waals surface area (Å²) in [5.74, 6) is 0.394. The minimum Gasteiger partial charge on any atom is -0.306 e. The van der Waals surface area contributed by atoms with Gasteiger partial charge in [0.25, 0.3) is 0 Å². The Labute approximate surface area is 175 Å². The Bertz CT molecular complexity index is 1020. The van der Waals surface area contributed by atoms with Crippen LogP contribution in [0.25, 0.3) is 0 Å². The van der Waals surface area contributed by atoms with E-state index < -0.39 is 0 Å². The monoisotopic (exact) mass is 406 g/mol. The smallest absolute Gasteiger partial charge is 0.237 e. The van der Waals surface area contributed by atoms with E-state index in [-0.39, 0.29) is 16.9 Å². The molecule has 0 unspecified atom stereocenters. The van der Waals surface area contributed by atoms with Crippen LogP contribution >= 0.6 is 11.8 Å². The molecule has 1 N–H and O–H groups in total. The van der Waals surface area contributed by atoms with Crippen LogP contribution in [0.5, 0.6) is 0 Å². The summed E-state index contributed by atoms with van der Waals surface area (Å²) in [5.41, 5.74) is 4.20. The Hall–Kier alpha value is -2.60. The van der Waals surface area contributed by atoms with Gasteiger partial charge in [-0.1, -0.05) is 66.7 Å². The van der Waals surface area contributed by atoms with Crippen LogP contribution in [0.3, 0.4) is 0 Å². The normalized spacial score (nSPS) is 20.3. The van der Waals surface area contributed by atoms with E-state index in [1.165, 1.54) is 34.8 Å². The third-order valence-electron chi connectivity index (χ3n) is 5.76. The highest BCUT2D eigenvalue weighted by molar-refractivity contribution is 7.99. The first kappa shape index (κ1) is 19.7. The third-order valence-corrected chi connectivity index (χ3v) is 6.63. The van der Waals surface area contributed by atoms with Crippen molar-refractivity contribution >= 4 is 23.4 Å². The summed E-state index contributed by atoms with van der Waals surface area (Å²) < 4.78 is 0. The Morgan fingerprint density at radius 1 is 1.17 bits per heavy atom. The van der Waals surface area contributed by atoms with Gasteiger partial charge >= 0.3 is 0 Å². The predicted octanol–water partition coefficient (Wildman–Crippen LogP) is 4.73. The SMILES string of the molecule is Cc1ccc2c(c1)[C@](C)(c1ccccc1)CC(C)(C)N2C(=O)CSc1ncn[nH]1. The van der Waals surface area contributed by atoms with Gasteiger partial charge in [0.2, 0.25) is 5.91 Å². The molecule has 1 atom stereocenters. The van der Waals surface area contributed by atoms with Gasteiger partial charge in [0, 0.05) is 16.6 Å². The fourth-order valence-corrected chi connectivity index (χ4v) is 5.27. The molecular weight excluding hydrogens is 380 g/mol. The zero-order valence-electron chi connectivity index (χ0n) is 17.3. The molecule has 1 aromatic heterocycles. The largest absolute Gasteiger partial charge is 0.306 e. The number of aromatic nitrogens is 3. The first-order valence-electron chi connectivity index (χ1n) is 9.79. The number of benzene rings is 2. The number of aryl methyl sites for hydroxylation is 1. The molecule has 1 aliphatic rings. The summed E-state index contributed by atoms with van der Waals surface area (Å²) in [5, 5.41) is 7.32. The van der Waals surface area contributed by atoms with Gasteiger partial charge in [-0.3, -0.25) is 9.89 Å². The lowest BCUT2D eigenvalue weighted by Gasteiger charge is -2.51. The number of hydrogen-bond donors (Lipinski definition) is 1. The van der Waals surface area contributed by atoms with E-state index in [1.54, 1.807) is 0 Å². The van der Waals surface area contributed by atoms with Crippen LogP contribution in [-0.2, 0) is 10.2 Å². The molecule has 0 bridgehead atoms. The molecule has 0 saturated heterocycles. The molecule has 0 spiro atoms. The van der Waals surface area contributed by atoms with Gasteiger partial charge in [-0.2, -0.15) is 5.10 Å². The summed E-state index contributed by atoms with van der Waals surface area (Å²) in [7, 11) is 0. The average molecular weight is 407 g/mol. The minimum absolute atomic E-state index is 0.0802. The quantitative estimate of drug-likeness (QED) is 0.637. The van der Waals surface area contributed by atoms with E-state index in [0.717, 1.165) is 12.1 Å². The van der Waals surface area contributed by atoms with Crippen LogP contribution in [0.2, 0.25) is 0 Å². The Morgan fingerprint density at radius 3 is 2.62 bits per heavy atom. The Morgan fingerprint density at radius 2 is 1.93 bits per heavy atom. The number of nitrogens with one attached hydrogen (secondary N) is 1. The van der Waals surface area contributed by atoms with Gasteiger partial charge < -0.3 is 4.90 Å². The van der Waals surface area contributed by atoms with Crippen molar-refractivity contribution < 1.29 is 4.79 Å². The van der Waals surface area contributed by atoms with Crippen LogP contribution in [0.4, 0.5) is 5.69 Å². The fourth-order valence-electron chi connectivity index (χ4n) is 4.65. The van der Waals surface area contributed by atoms with E-state index in [0.29, 0.717) is 10.9 Å². The highest BCUT2D eigenvalue weighted by Gasteiger charge is 2.47. The van der Waals surface area contributed by atoms with E-state index in [2.05, 4.69) is 91.4 Å². The van der Waals surface area contributed by atoms with Crippen molar-refractivity contribution in [2.45, 2.75) is 50.2 Å². The number of aromatic amines is 1. The van der Waals surface area contributed by atoms with Crippen molar-refractivity contribution in [2.24, 2.45) is 0 Å². The fraction of sp³-hybridized carbons (Fsp3) is 0.348. The van der Waals surface area contributed by atoms with Gasteiger partial charge in [-0.25, -0.2) is 4.98 Å². The van der Waals surface area contributed by atoms with Crippen molar-refractivity contribution in [3.8, 4) is 0 Å². The topological polar surface area (TPSA) is 61.9 Å². The lowest BCUT2D eigenvalue weighted by Crippen LogP contribution is -2.56. The molecular formula is C23H26N4OS. The molecule has 2 heterocycles. The summed E-state index contributed by atoms with van der Waals surface area (Å²) in [4.78, 5) is 19.4. The van der Waals surface area contributed by atoms with Crippen molar-refractivity contribution in [1.82, 2.24) is 15.2 Å². The number of nitrogens with zero attached hydrogens (tertiary/aromatic N) is 3. The predicted molar refractivity (Wildman–Crippen MR) is 117 cm³/mol. The maximum absolute atomic E-state index is 13.3. The number of carbonyl (C=O) groups excluding carboxylic acids is 1. The van der Waals surface area contributed by atoms with Crippen LogP contribution in [0, 0.1) is 6.92 Å². The number of hydrogen-bond acceptors (Lipinski definition) is 4. The maximum atomic E-state index is 13.3. The van der Waals surface area contributed by atoms with Gasteiger partial charge in [-0.05, 0) is 44.4 Å². The number of anilines is 1. The summed E-state index contributed by atoms with van der Waals surface area (Å²) in [6, 6.07) is 17.1. The highest BCUT2D eigenvalue weighted by Crippen LogP contribution is 2.50.